The van der Waals surface area contributed by atoms with Crippen LogP contribution in [-0.4, -0.2) is 20.4 Å². The van der Waals surface area contributed by atoms with Crippen LogP contribution in [0.2, 0.25) is 0 Å². The fourth-order valence-corrected chi connectivity index (χ4v) is 2.87. The lowest BCUT2D eigenvalue weighted by Gasteiger charge is -2.08. The van der Waals surface area contributed by atoms with E-state index in [2.05, 4.69) is 46.2 Å². The highest BCUT2D eigenvalue weighted by molar-refractivity contribution is 5.81. The molecule has 0 saturated heterocycles. The van der Waals surface area contributed by atoms with Gasteiger partial charge in [-0.1, -0.05) is 6.07 Å². The van der Waals surface area contributed by atoms with E-state index in [1.807, 2.05) is 25.6 Å². The molecule has 2 heterocycles. The Labute approximate surface area is 125 Å². The van der Waals surface area contributed by atoms with E-state index in [1.165, 1.54) is 22.2 Å². The van der Waals surface area contributed by atoms with Crippen LogP contribution < -0.4 is 5.73 Å². The van der Waals surface area contributed by atoms with Crippen LogP contribution in [0.1, 0.15) is 23.9 Å². The van der Waals surface area contributed by atoms with Crippen molar-refractivity contribution in [3.05, 3.63) is 53.5 Å². The highest BCUT2D eigenvalue weighted by atomic mass is 15.3. The van der Waals surface area contributed by atoms with Gasteiger partial charge in [-0.25, -0.2) is 0 Å². The van der Waals surface area contributed by atoms with Crippen molar-refractivity contribution in [1.82, 2.24) is 14.3 Å². The van der Waals surface area contributed by atoms with Gasteiger partial charge in [0.2, 0.25) is 0 Å². The quantitative estimate of drug-likeness (QED) is 0.799. The predicted molar refractivity (Wildman–Crippen MR) is 86.3 cm³/mol. The second-order valence-corrected chi connectivity index (χ2v) is 5.92. The van der Waals surface area contributed by atoms with Gasteiger partial charge >= 0.3 is 0 Å². The fourth-order valence-electron chi connectivity index (χ4n) is 2.87. The lowest BCUT2D eigenvalue weighted by Crippen LogP contribution is -2.17. The summed E-state index contributed by atoms with van der Waals surface area (Å²) in [5.74, 6) is 0. The standard InChI is InChI=1S/C17H22N4/c1-12(18)8-14-4-5-17-15(10-14)6-7-21(17)11-16-9-13(2)19-20(16)3/h4-7,9-10,12H,8,11,18H2,1-3H3. The van der Waals surface area contributed by atoms with Crippen molar-refractivity contribution < 1.29 is 0 Å². The molecule has 0 amide bonds. The Morgan fingerprint density at radius 3 is 2.71 bits per heavy atom. The molecule has 1 atom stereocenters. The van der Waals surface area contributed by atoms with Gasteiger partial charge in [0.25, 0.3) is 0 Å². The molecule has 0 spiro atoms. The molecule has 0 bridgehead atoms. The van der Waals surface area contributed by atoms with Gasteiger partial charge in [-0.15, -0.1) is 0 Å². The molecule has 3 rings (SSSR count). The van der Waals surface area contributed by atoms with Gasteiger partial charge in [-0.3, -0.25) is 4.68 Å². The minimum Gasteiger partial charge on any atom is -0.341 e. The molecular weight excluding hydrogens is 260 g/mol. The third kappa shape index (κ3) is 2.85. The highest BCUT2D eigenvalue weighted by Crippen LogP contribution is 2.20. The van der Waals surface area contributed by atoms with E-state index in [9.17, 15) is 0 Å². The van der Waals surface area contributed by atoms with E-state index in [4.69, 9.17) is 5.73 Å². The third-order valence-corrected chi connectivity index (χ3v) is 3.82. The molecule has 21 heavy (non-hydrogen) atoms. The first-order valence-electron chi connectivity index (χ1n) is 7.36. The first-order valence-corrected chi connectivity index (χ1v) is 7.36. The van der Waals surface area contributed by atoms with Crippen molar-refractivity contribution in [2.24, 2.45) is 12.8 Å². The Morgan fingerprint density at radius 1 is 1.24 bits per heavy atom. The summed E-state index contributed by atoms with van der Waals surface area (Å²) in [5.41, 5.74) is 10.7. The third-order valence-electron chi connectivity index (χ3n) is 3.82. The Bertz CT molecular complexity index is 764. The van der Waals surface area contributed by atoms with Crippen LogP contribution in [0, 0.1) is 6.92 Å². The van der Waals surface area contributed by atoms with Gasteiger partial charge in [-0.2, -0.15) is 5.10 Å². The molecule has 4 nitrogen and oxygen atoms in total. The number of benzene rings is 1. The maximum absolute atomic E-state index is 5.88. The number of nitrogens with two attached hydrogens (primary N) is 1. The lowest BCUT2D eigenvalue weighted by atomic mass is 10.1. The zero-order valence-corrected chi connectivity index (χ0v) is 12.9. The summed E-state index contributed by atoms with van der Waals surface area (Å²) in [5, 5.41) is 5.68. The Hall–Kier alpha value is -2.07. The van der Waals surface area contributed by atoms with Crippen molar-refractivity contribution in [2.75, 3.05) is 0 Å². The SMILES string of the molecule is Cc1cc(Cn2ccc3cc(CC(C)N)ccc32)n(C)n1. The first-order chi connectivity index (χ1) is 10.0. The smallest absolute Gasteiger partial charge is 0.0645 e. The van der Waals surface area contributed by atoms with E-state index in [0.717, 1.165) is 18.7 Å². The van der Waals surface area contributed by atoms with E-state index in [0.29, 0.717) is 0 Å². The van der Waals surface area contributed by atoms with Gasteiger partial charge in [0.15, 0.2) is 0 Å². The number of hydrogen-bond acceptors (Lipinski definition) is 2. The van der Waals surface area contributed by atoms with E-state index < -0.39 is 0 Å². The molecule has 2 aromatic heterocycles. The molecule has 3 aromatic rings. The number of hydrogen-bond donors (Lipinski definition) is 1. The summed E-state index contributed by atoms with van der Waals surface area (Å²) >= 11 is 0. The maximum Gasteiger partial charge on any atom is 0.0645 e. The van der Waals surface area contributed by atoms with Gasteiger partial charge < -0.3 is 10.3 Å². The van der Waals surface area contributed by atoms with Gasteiger partial charge in [-0.05, 0) is 55.5 Å². The molecule has 1 unspecified atom stereocenters. The molecular formula is C17H22N4. The Kier molecular flexibility index (Phi) is 3.55. The number of aryl methyl sites for hydroxylation is 2. The van der Waals surface area contributed by atoms with Crippen molar-refractivity contribution in [2.45, 2.75) is 32.9 Å². The molecule has 2 N–H and O–H groups in total. The summed E-state index contributed by atoms with van der Waals surface area (Å²) in [7, 11) is 1.99. The number of nitrogens with zero attached hydrogens (tertiary/aromatic N) is 3. The fraction of sp³-hybridized carbons (Fsp3) is 0.353. The van der Waals surface area contributed by atoms with Gasteiger partial charge in [0.1, 0.15) is 0 Å². The molecule has 0 radical (unpaired) electrons. The summed E-state index contributed by atoms with van der Waals surface area (Å²) < 4.78 is 4.22. The highest BCUT2D eigenvalue weighted by Gasteiger charge is 2.07. The number of fused-ring (bicyclic) bond motifs is 1. The first kappa shape index (κ1) is 13.9. The summed E-state index contributed by atoms with van der Waals surface area (Å²) in [6.07, 6.45) is 3.06. The van der Waals surface area contributed by atoms with Crippen LogP contribution in [0.15, 0.2) is 36.5 Å². The Morgan fingerprint density at radius 2 is 2.05 bits per heavy atom. The molecule has 0 aliphatic heterocycles. The van der Waals surface area contributed by atoms with Crippen LogP contribution in [0.4, 0.5) is 0 Å². The van der Waals surface area contributed by atoms with Crippen LogP contribution in [0.25, 0.3) is 10.9 Å². The van der Waals surface area contributed by atoms with Crippen LogP contribution >= 0.6 is 0 Å². The molecule has 0 fully saturated rings. The zero-order chi connectivity index (χ0) is 15.0. The summed E-state index contributed by atoms with van der Waals surface area (Å²) in [6, 6.07) is 11.1. The van der Waals surface area contributed by atoms with Gasteiger partial charge in [0.05, 0.1) is 17.9 Å². The second-order valence-electron chi connectivity index (χ2n) is 5.92. The minimum atomic E-state index is 0.196. The molecule has 0 aliphatic carbocycles. The monoisotopic (exact) mass is 282 g/mol. The summed E-state index contributed by atoms with van der Waals surface area (Å²) in [4.78, 5) is 0. The average Bonchev–Trinajstić information content (AvgIpc) is 2.93. The van der Waals surface area contributed by atoms with Crippen molar-refractivity contribution in [1.29, 1.82) is 0 Å². The van der Waals surface area contributed by atoms with Crippen LogP contribution in [0.3, 0.4) is 0 Å². The molecule has 0 saturated carbocycles. The maximum atomic E-state index is 5.88. The molecule has 0 aliphatic rings. The topological polar surface area (TPSA) is 48.8 Å². The zero-order valence-electron chi connectivity index (χ0n) is 12.9. The van der Waals surface area contributed by atoms with Crippen LogP contribution in [0.5, 0.6) is 0 Å². The minimum absolute atomic E-state index is 0.196. The van der Waals surface area contributed by atoms with Crippen molar-refractivity contribution in [3.63, 3.8) is 0 Å². The molecule has 1 aromatic carbocycles. The van der Waals surface area contributed by atoms with E-state index in [1.54, 1.807) is 0 Å². The Balaban J connectivity index is 1.91. The van der Waals surface area contributed by atoms with E-state index in [-0.39, 0.29) is 6.04 Å². The van der Waals surface area contributed by atoms with Crippen molar-refractivity contribution >= 4 is 10.9 Å². The summed E-state index contributed by atoms with van der Waals surface area (Å²) in [6.45, 7) is 4.91. The van der Waals surface area contributed by atoms with Crippen LogP contribution in [-0.2, 0) is 20.0 Å². The lowest BCUT2D eigenvalue weighted by molar-refractivity contribution is 0.673. The normalized spacial score (nSPS) is 13.0. The molecule has 110 valence electrons. The molecule has 4 heteroatoms. The van der Waals surface area contributed by atoms with Crippen molar-refractivity contribution in [3.8, 4) is 0 Å². The predicted octanol–water partition coefficient (Wildman–Crippen LogP) is 2.62. The largest absolute Gasteiger partial charge is 0.341 e. The number of aromatic nitrogens is 3. The van der Waals surface area contributed by atoms with E-state index >= 15 is 0 Å². The second kappa shape index (κ2) is 5.37. The van der Waals surface area contributed by atoms with Gasteiger partial charge in [0, 0.05) is 24.8 Å². The average molecular weight is 282 g/mol. The number of rotatable bonds is 4.